The average molecular weight is 284 g/mol. The summed E-state index contributed by atoms with van der Waals surface area (Å²) in [6.45, 7) is 2.14. The molecule has 2 N–H and O–H groups in total. The summed E-state index contributed by atoms with van der Waals surface area (Å²) in [7, 11) is 0. The molecule has 5 heteroatoms. The molecule has 3 rings (SSSR count). The molecular formula is C16H20N4O. The maximum absolute atomic E-state index is 11.4. The first-order valence-electron chi connectivity index (χ1n) is 7.41. The summed E-state index contributed by atoms with van der Waals surface area (Å²) < 4.78 is 1.87. The standard InChI is InChI=1S/C16H20N4O/c21-16(13-6-7-13)18-10-9-17-12-14-8-11-20(19-14)15-4-2-1-3-5-15/h1-5,8,11,13,17H,6-7,9-10,12H2,(H,18,21). The van der Waals surface area contributed by atoms with Gasteiger partial charge in [-0.3, -0.25) is 4.79 Å². The number of hydrogen-bond acceptors (Lipinski definition) is 3. The van der Waals surface area contributed by atoms with Crippen molar-refractivity contribution in [3.63, 3.8) is 0 Å². The number of hydrogen-bond donors (Lipinski definition) is 2. The molecule has 1 aromatic heterocycles. The number of benzene rings is 1. The molecule has 1 heterocycles. The molecule has 110 valence electrons. The highest BCUT2D eigenvalue weighted by molar-refractivity contribution is 5.80. The fourth-order valence-electron chi connectivity index (χ4n) is 2.16. The third-order valence-corrected chi connectivity index (χ3v) is 3.52. The van der Waals surface area contributed by atoms with E-state index in [9.17, 15) is 4.79 Å². The number of nitrogens with zero attached hydrogens (tertiary/aromatic N) is 2. The van der Waals surface area contributed by atoms with E-state index in [1.165, 1.54) is 0 Å². The van der Waals surface area contributed by atoms with E-state index in [-0.39, 0.29) is 11.8 Å². The smallest absolute Gasteiger partial charge is 0.223 e. The number of para-hydroxylation sites is 1. The Bertz CT molecular complexity index is 589. The van der Waals surface area contributed by atoms with Crippen LogP contribution < -0.4 is 10.6 Å². The van der Waals surface area contributed by atoms with Gasteiger partial charge < -0.3 is 10.6 Å². The summed E-state index contributed by atoms with van der Waals surface area (Å²) in [5.74, 6) is 0.483. The lowest BCUT2D eigenvalue weighted by molar-refractivity contribution is -0.122. The molecule has 5 nitrogen and oxygen atoms in total. The predicted molar refractivity (Wildman–Crippen MR) is 81.0 cm³/mol. The lowest BCUT2D eigenvalue weighted by Crippen LogP contribution is -2.32. The highest BCUT2D eigenvalue weighted by atomic mass is 16.2. The van der Waals surface area contributed by atoms with Gasteiger partial charge in [-0.25, -0.2) is 4.68 Å². The number of aromatic nitrogens is 2. The average Bonchev–Trinajstić information content (AvgIpc) is 3.27. The molecule has 2 aromatic rings. The second-order valence-corrected chi connectivity index (χ2v) is 5.33. The Morgan fingerprint density at radius 3 is 2.76 bits per heavy atom. The normalized spacial score (nSPS) is 14.1. The molecule has 0 saturated heterocycles. The summed E-state index contributed by atoms with van der Waals surface area (Å²) in [5.41, 5.74) is 2.05. The Kier molecular flexibility index (Phi) is 4.31. The Labute approximate surface area is 124 Å². The largest absolute Gasteiger partial charge is 0.355 e. The molecule has 0 radical (unpaired) electrons. The third kappa shape index (κ3) is 3.92. The molecular weight excluding hydrogens is 264 g/mol. The van der Waals surface area contributed by atoms with Gasteiger partial charge >= 0.3 is 0 Å². The van der Waals surface area contributed by atoms with Crippen LogP contribution in [0.1, 0.15) is 18.5 Å². The van der Waals surface area contributed by atoms with Crippen molar-refractivity contribution in [2.24, 2.45) is 5.92 Å². The minimum atomic E-state index is 0.199. The van der Waals surface area contributed by atoms with Gasteiger partial charge in [0.2, 0.25) is 5.91 Å². The van der Waals surface area contributed by atoms with E-state index in [2.05, 4.69) is 15.7 Å². The summed E-state index contributed by atoms with van der Waals surface area (Å²) in [4.78, 5) is 11.4. The maximum atomic E-state index is 11.4. The fourth-order valence-corrected chi connectivity index (χ4v) is 2.16. The van der Waals surface area contributed by atoms with E-state index in [1.807, 2.05) is 47.3 Å². The van der Waals surface area contributed by atoms with Crippen LogP contribution in [0.2, 0.25) is 0 Å². The summed E-state index contributed by atoms with van der Waals surface area (Å²) >= 11 is 0. The number of carbonyl (C=O) groups excluding carboxylic acids is 1. The van der Waals surface area contributed by atoms with Crippen molar-refractivity contribution in [1.82, 2.24) is 20.4 Å². The monoisotopic (exact) mass is 284 g/mol. The van der Waals surface area contributed by atoms with Crippen molar-refractivity contribution < 1.29 is 4.79 Å². The van der Waals surface area contributed by atoms with Crippen LogP contribution in [-0.2, 0) is 11.3 Å². The zero-order valence-electron chi connectivity index (χ0n) is 12.0. The van der Waals surface area contributed by atoms with Crippen LogP contribution >= 0.6 is 0 Å². The summed E-state index contributed by atoms with van der Waals surface area (Å²) in [6, 6.07) is 12.0. The molecule has 1 aliphatic carbocycles. The van der Waals surface area contributed by atoms with E-state index in [1.54, 1.807) is 0 Å². The van der Waals surface area contributed by atoms with Crippen LogP contribution in [0.15, 0.2) is 42.6 Å². The number of rotatable bonds is 7. The van der Waals surface area contributed by atoms with E-state index in [0.29, 0.717) is 13.1 Å². The van der Waals surface area contributed by atoms with Gasteiger partial charge in [-0.1, -0.05) is 18.2 Å². The lowest BCUT2D eigenvalue weighted by Gasteiger charge is -2.05. The zero-order chi connectivity index (χ0) is 14.5. The predicted octanol–water partition coefficient (Wildman–Crippen LogP) is 1.49. The second kappa shape index (κ2) is 6.54. The van der Waals surface area contributed by atoms with Crippen molar-refractivity contribution >= 4 is 5.91 Å². The van der Waals surface area contributed by atoms with Crippen LogP contribution in [-0.4, -0.2) is 28.8 Å². The van der Waals surface area contributed by atoms with E-state index >= 15 is 0 Å². The molecule has 0 spiro atoms. The summed E-state index contributed by atoms with van der Waals surface area (Å²) in [6.07, 6.45) is 4.06. The molecule has 0 bridgehead atoms. The van der Waals surface area contributed by atoms with Gasteiger partial charge in [0.25, 0.3) is 0 Å². The SMILES string of the molecule is O=C(NCCNCc1ccn(-c2ccccc2)n1)C1CC1. The molecule has 0 atom stereocenters. The van der Waals surface area contributed by atoms with Crippen molar-refractivity contribution in [3.05, 3.63) is 48.3 Å². The lowest BCUT2D eigenvalue weighted by atomic mass is 10.3. The van der Waals surface area contributed by atoms with E-state index in [0.717, 1.165) is 30.8 Å². The third-order valence-electron chi connectivity index (χ3n) is 3.52. The first kappa shape index (κ1) is 13.8. The number of amides is 1. The molecule has 1 amide bonds. The van der Waals surface area contributed by atoms with Crippen molar-refractivity contribution in [2.45, 2.75) is 19.4 Å². The first-order valence-corrected chi connectivity index (χ1v) is 7.41. The van der Waals surface area contributed by atoms with Gasteiger partial charge in [0.05, 0.1) is 11.4 Å². The molecule has 1 aliphatic rings. The van der Waals surface area contributed by atoms with Gasteiger partial charge in [0, 0.05) is 31.7 Å². The van der Waals surface area contributed by atoms with Crippen molar-refractivity contribution in [3.8, 4) is 5.69 Å². The van der Waals surface area contributed by atoms with E-state index in [4.69, 9.17) is 0 Å². The Balaban J connectivity index is 1.39. The van der Waals surface area contributed by atoms with Gasteiger partial charge in [-0.2, -0.15) is 5.10 Å². The minimum Gasteiger partial charge on any atom is -0.355 e. The fraction of sp³-hybridized carbons (Fsp3) is 0.375. The highest BCUT2D eigenvalue weighted by Gasteiger charge is 2.28. The summed E-state index contributed by atoms with van der Waals surface area (Å²) in [5, 5.41) is 10.7. The van der Waals surface area contributed by atoms with Crippen molar-refractivity contribution in [2.75, 3.05) is 13.1 Å². The van der Waals surface area contributed by atoms with Crippen molar-refractivity contribution in [1.29, 1.82) is 0 Å². The Hall–Kier alpha value is -2.14. The van der Waals surface area contributed by atoms with Crippen LogP contribution in [0, 0.1) is 5.92 Å². The second-order valence-electron chi connectivity index (χ2n) is 5.33. The van der Waals surface area contributed by atoms with Gasteiger partial charge in [-0.15, -0.1) is 0 Å². The minimum absolute atomic E-state index is 0.199. The highest BCUT2D eigenvalue weighted by Crippen LogP contribution is 2.28. The molecule has 21 heavy (non-hydrogen) atoms. The van der Waals surface area contributed by atoms with Crippen LogP contribution in [0.25, 0.3) is 5.69 Å². The van der Waals surface area contributed by atoms with Crippen LogP contribution in [0.5, 0.6) is 0 Å². The topological polar surface area (TPSA) is 59.0 Å². The van der Waals surface area contributed by atoms with Crippen LogP contribution in [0.3, 0.4) is 0 Å². The molecule has 1 fully saturated rings. The maximum Gasteiger partial charge on any atom is 0.223 e. The van der Waals surface area contributed by atoms with Gasteiger partial charge in [0.15, 0.2) is 0 Å². The molecule has 1 aromatic carbocycles. The Morgan fingerprint density at radius 2 is 2.00 bits per heavy atom. The van der Waals surface area contributed by atoms with Gasteiger partial charge in [0.1, 0.15) is 0 Å². The molecule has 0 aliphatic heterocycles. The Morgan fingerprint density at radius 1 is 1.19 bits per heavy atom. The number of nitrogens with one attached hydrogen (secondary N) is 2. The quantitative estimate of drug-likeness (QED) is 0.757. The number of carbonyl (C=O) groups is 1. The van der Waals surface area contributed by atoms with Gasteiger partial charge in [-0.05, 0) is 31.0 Å². The zero-order valence-corrected chi connectivity index (χ0v) is 12.0. The molecule has 0 unspecified atom stereocenters. The molecule has 1 saturated carbocycles. The van der Waals surface area contributed by atoms with E-state index < -0.39 is 0 Å². The first-order chi connectivity index (χ1) is 10.3. The van der Waals surface area contributed by atoms with Crippen LogP contribution in [0.4, 0.5) is 0 Å².